The largest absolute Gasteiger partial charge is 0.316 e. The fourth-order valence-corrected chi connectivity index (χ4v) is 2.41. The van der Waals surface area contributed by atoms with Gasteiger partial charge >= 0.3 is 0 Å². The van der Waals surface area contributed by atoms with Gasteiger partial charge in [-0.3, -0.25) is 4.79 Å². The lowest BCUT2D eigenvalue weighted by Gasteiger charge is -2.22. The molecule has 5 heteroatoms. The number of likely N-dealkylation sites (N-methyl/N-ethyl adjacent to an activating group) is 1. The summed E-state index contributed by atoms with van der Waals surface area (Å²) in [7, 11) is 1.75. The van der Waals surface area contributed by atoms with E-state index in [2.05, 4.69) is 0 Å². The number of carbonyl (C=O) groups excluding carboxylic acids is 1. The van der Waals surface area contributed by atoms with Crippen molar-refractivity contribution in [1.82, 2.24) is 0 Å². The van der Waals surface area contributed by atoms with E-state index in [0.717, 1.165) is 16.1 Å². The van der Waals surface area contributed by atoms with E-state index in [1.807, 2.05) is 60.9 Å². The number of halogens is 1. The first kappa shape index (κ1) is 17.6. The Morgan fingerprint density at radius 3 is 2.43 bits per heavy atom. The minimum Gasteiger partial charge on any atom is -0.316 e. The summed E-state index contributed by atoms with van der Waals surface area (Å²) in [4.78, 5) is 15.2. The molecule has 1 atom stereocenters. The average Bonchev–Trinajstić information content (AvgIpc) is 2.53. The van der Waals surface area contributed by atoms with Crippen LogP contribution in [0.15, 0.2) is 59.5 Å². The van der Waals surface area contributed by atoms with E-state index in [0.29, 0.717) is 0 Å². The number of hydrogen-bond acceptors (Lipinski definition) is 3. The molecule has 2 aromatic rings. The fourth-order valence-electron chi connectivity index (χ4n) is 1.96. The van der Waals surface area contributed by atoms with Crippen LogP contribution in [0.5, 0.6) is 0 Å². The Morgan fingerprint density at radius 1 is 1.14 bits per heavy atom. The van der Waals surface area contributed by atoms with Gasteiger partial charge in [-0.05, 0) is 30.0 Å². The molecule has 0 saturated carbocycles. The fraction of sp³-hybridized carbons (Fsp3) is 0.188. The third-order valence-corrected chi connectivity index (χ3v) is 3.92. The van der Waals surface area contributed by atoms with Gasteiger partial charge in [0.2, 0.25) is 5.91 Å². The molecule has 2 rings (SSSR count). The van der Waals surface area contributed by atoms with Crippen molar-refractivity contribution in [2.75, 3.05) is 18.2 Å². The van der Waals surface area contributed by atoms with Gasteiger partial charge in [0, 0.05) is 17.6 Å². The Bertz CT molecular complexity index is 592. The summed E-state index contributed by atoms with van der Waals surface area (Å²) >= 11 is 1.65. The second-order valence-electron chi connectivity index (χ2n) is 4.49. The zero-order valence-electron chi connectivity index (χ0n) is 12.0. The Kier molecular flexibility index (Phi) is 6.75. The summed E-state index contributed by atoms with van der Waals surface area (Å²) in [6.07, 6.45) is 2.01. The van der Waals surface area contributed by atoms with Gasteiger partial charge in [0.25, 0.3) is 0 Å². The second kappa shape index (κ2) is 8.08. The highest BCUT2D eigenvalue weighted by Gasteiger charge is 2.20. The van der Waals surface area contributed by atoms with Crippen LogP contribution < -0.4 is 10.6 Å². The number of benzene rings is 2. The van der Waals surface area contributed by atoms with Crippen molar-refractivity contribution in [1.29, 1.82) is 0 Å². The number of amides is 1. The van der Waals surface area contributed by atoms with Crippen molar-refractivity contribution in [3.05, 3.63) is 60.2 Å². The van der Waals surface area contributed by atoms with Crippen molar-refractivity contribution >= 4 is 35.8 Å². The van der Waals surface area contributed by atoms with Crippen LogP contribution in [0, 0.1) is 0 Å². The lowest BCUT2D eigenvalue weighted by Crippen LogP contribution is -2.35. The van der Waals surface area contributed by atoms with Gasteiger partial charge in [0.05, 0.1) is 0 Å². The topological polar surface area (TPSA) is 46.3 Å². The van der Waals surface area contributed by atoms with Crippen molar-refractivity contribution < 1.29 is 4.79 Å². The summed E-state index contributed by atoms with van der Waals surface area (Å²) in [6, 6.07) is 16.6. The van der Waals surface area contributed by atoms with Gasteiger partial charge in [-0.15, -0.1) is 24.2 Å². The molecule has 112 valence electrons. The van der Waals surface area contributed by atoms with E-state index in [1.54, 1.807) is 23.7 Å². The summed E-state index contributed by atoms with van der Waals surface area (Å²) in [5.74, 6) is -0.116. The van der Waals surface area contributed by atoms with Crippen LogP contribution in [-0.2, 0) is 4.79 Å². The molecule has 0 spiro atoms. The highest BCUT2D eigenvalue weighted by Crippen LogP contribution is 2.23. The maximum absolute atomic E-state index is 12.4. The van der Waals surface area contributed by atoms with E-state index in [-0.39, 0.29) is 18.3 Å². The predicted octanol–water partition coefficient (Wildman–Crippen LogP) is 3.49. The number of carbonyl (C=O) groups is 1. The van der Waals surface area contributed by atoms with Gasteiger partial charge < -0.3 is 10.6 Å². The van der Waals surface area contributed by atoms with E-state index in [9.17, 15) is 4.79 Å². The first-order chi connectivity index (χ1) is 9.63. The molecular formula is C16H19ClN2OS. The molecule has 0 aliphatic heterocycles. The van der Waals surface area contributed by atoms with E-state index < -0.39 is 6.04 Å². The molecule has 1 unspecified atom stereocenters. The maximum Gasteiger partial charge on any atom is 0.248 e. The highest BCUT2D eigenvalue weighted by molar-refractivity contribution is 7.98. The predicted molar refractivity (Wildman–Crippen MR) is 92.3 cm³/mol. The molecule has 0 fully saturated rings. The van der Waals surface area contributed by atoms with Crippen LogP contribution in [0.1, 0.15) is 11.6 Å². The standard InChI is InChI=1S/C16H18N2OS.ClH/c1-18(13-9-6-10-14(11-13)20-2)16(19)15(17)12-7-4-3-5-8-12;/h3-11,15H,17H2,1-2H3;1H. The molecule has 0 aromatic heterocycles. The van der Waals surface area contributed by atoms with Crippen LogP contribution in [0.2, 0.25) is 0 Å². The van der Waals surface area contributed by atoms with E-state index >= 15 is 0 Å². The third kappa shape index (κ3) is 4.24. The molecule has 2 N–H and O–H groups in total. The summed E-state index contributed by atoms with van der Waals surface area (Å²) in [5.41, 5.74) is 7.73. The summed E-state index contributed by atoms with van der Waals surface area (Å²) in [5, 5.41) is 0. The zero-order valence-corrected chi connectivity index (χ0v) is 13.7. The molecule has 3 nitrogen and oxygen atoms in total. The molecule has 0 heterocycles. The number of nitrogens with zero attached hydrogens (tertiary/aromatic N) is 1. The minimum atomic E-state index is -0.640. The second-order valence-corrected chi connectivity index (χ2v) is 5.37. The number of anilines is 1. The normalized spacial score (nSPS) is 11.4. The molecule has 0 bridgehead atoms. The summed E-state index contributed by atoms with van der Waals surface area (Å²) in [6.45, 7) is 0. The number of nitrogens with two attached hydrogens (primary N) is 1. The monoisotopic (exact) mass is 322 g/mol. The van der Waals surface area contributed by atoms with Gasteiger partial charge in [0.1, 0.15) is 6.04 Å². The Morgan fingerprint density at radius 2 is 1.81 bits per heavy atom. The summed E-state index contributed by atoms with van der Waals surface area (Å²) < 4.78 is 0. The van der Waals surface area contributed by atoms with Crippen LogP contribution in [0.4, 0.5) is 5.69 Å². The molecule has 0 aliphatic carbocycles. The van der Waals surface area contributed by atoms with Gasteiger partial charge in [0.15, 0.2) is 0 Å². The molecule has 0 radical (unpaired) electrons. The van der Waals surface area contributed by atoms with E-state index in [4.69, 9.17) is 5.73 Å². The molecule has 0 saturated heterocycles. The smallest absolute Gasteiger partial charge is 0.248 e. The van der Waals surface area contributed by atoms with Crippen molar-refractivity contribution in [2.45, 2.75) is 10.9 Å². The Labute approximate surface area is 135 Å². The maximum atomic E-state index is 12.4. The number of rotatable bonds is 4. The molecule has 1 amide bonds. The number of hydrogen-bond donors (Lipinski definition) is 1. The quantitative estimate of drug-likeness (QED) is 0.876. The van der Waals surface area contributed by atoms with Crippen LogP contribution in [0.3, 0.4) is 0 Å². The lowest BCUT2D eigenvalue weighted by molar-refractivity contribution is -0.119. The van der Waals surface area contributed by atoms with Gasteiger partial charge in [-0.2, -0.15) is 0 Å². The van der Waals surface area contributed by atoms with Crippen molar-refractivity contribution in [3.8, 4) is 0 Å². The van der Waals surface area contributed by atoms with Crippen molar-refractivity contribution in [3.63, 3.8) is 0 Å². The first-order valence-corrected chi connectivity index (χ1v) is 7.58. The van der Waals surface area contributed by atoms with E-state index in [1.165, 1.54) is 0 Å². The van der Waals surface area contributed by atoms with Gasteiger partial charge in [-0.1, -0.05) is 36.4 Å². The number of thioether (sulfide) groups is 1. The molecular weight excluding hydrogens is 304 g/mol. The van der Waals surface area contributed by atoms with Crippen LogP contribution in [0.25, 0.3) is 0 Å². The van der Waals surface area contributed by atoms with Crippen LogP contribution >= 0.6 is 24.2 Å². The SMILES string of the molecule is CSc1cccc(N(C)C(=O)C(N)c2ccccc2)c1.Cl. The zero-order chi connectivity index (χ0) is 14.5. The lowest BCUT2D eigenvalue weighted by atomic mass is 10.1. The average molecular weight is 323 g/mol. The first-order valence-electron chi connectivity index (χ1n) is 6.35. The third-order valence-electron chi connectivity index (χ3n) is 3.20. The van der Waals surface area contributed by atoms with Crippen LogP contribution in [-0.4, -0.2) is 19.2 Å². The van der Waals surface area contributed by atoms with Crippen molar-refractivity contribution in [2.24, 2.45) is 5.73 Å². The molecule has 0 aliphatic rings. The minimum absolute atomic E-state index is 0. The Balaban J connectivity index is 0.00000220. The highest BCUT2D eigenvalue weighted by atomic mass is 35.5. The molecule has 2 aromatic carbocycles. The van der Waals surface area contributed by atoms with Gasteiger partial charge in [-0.25, -0.2) is 0 Å². The molecule has 21 heavy (non-hydrogen) atoms. The Hall–Kier alpha value is -1.49.